The third-order valence-electron chi connectivity index (χ3n) is 3.12. The predicted octanol–water partition coefficient (Wildman–Crippen LogP) is 1.35. The van der Waals surface area contributed by atoms with Gasteiger partial charge < -0.3 is 0 Å². The van der Waals surface area contributed by atoms with E-state index in [4.69, 9.17) is 5.84 Å². The molecule has 0 saturated heterocycles. The molecule has 0 aromatic rings. The Balaban J connectivity index is 4.66. The molecule has 0 aliphatic rings. The van der Waals surface area contributed by atoms with Gasteiger partial charge in [-0.15, -0.1) is 11.8 Å². The van der Waals surface area contributed by atoms with E-state index < -0.39 is 0 Å². The van der Waals surface area contributed by atoms with Crippen molar-refractivity contribution in [1.82, 2.24) is 10.3 Å². The highest BCUT2D eigenvalue weighted by Crippen LogP contribution is 2.20. The maximum Gasteiger partial charge on any atom is 0.0498 e. The van der Waals surface area contributed by atoms with Crippen molar-refractivity contribution in [1.29, 1.82) is 0 Å². The molecule has 0 aromatic heterocycles. The molecule has 0 radical (unpaired) electrons. The Bertz CT molecular complexity index is 221. The van der Waals surface area contributed by atoms with Gasteiger partial charge in [0, 0.05) is 18.0 Å². The molecule has 0 rings (SSSR count). The van der Waals surface area contributed by atoms with Gasteiger partial charge in [-0.25, -0.2) is 0 Å². The van der Waals surface area contributed by atoms with E-state index in [0.717, 1.165) is 19.5 Å². The van der Waals surface area contributed by atoms with Crippen LogP contribution in [0.3, 0.4) is 0 Å². The van der Waals surface area contributed by atoms with Gasteiger partial charge in [0.1, 0.15) is 0 Å². The predicted molar refractivity (Wildman–Crippen MR) is 66.2 cm³/mol. The summed E-state index contributed by atoms with van der Waals surface area (Å²) in [5.74, 6) is 11.6. The van der Waals surface area contributed by atoms with E-state index in [9.17, 15) is 0 Å². The van der Waals surface area contributed by atoms with E-state index >= 15 is 0 Å². The van der Waals surface area contributed by atoms with E-state index in [0.29, 0.717) is 0 Å². The lowest BCUT2D eigenvalue weighted by molar-refractivity contribution is 0.0931. The Labute approximate surface area is 94.4 Å². The molecule has 3 heteroatoms. The van der Waals surface area contributed by atoms with Crippen LogP contribution in [-0.2, 0) is 0 Å². The molecule has 0 aliphatic heterocycles. The van der Waals surface area contributed by atoms with Crippen LogP contribution in [0.15, 0.2) is 0 Å². The summed E-state index contributed by atoms with van der Waals surface area (Å²) >= 11 is 0. The standard InChI is InChI=1S/C12H25N3/c1-6-9-10-11(14-13)12(4,5)15(7-2)8-3/h11,14H,7-8,10,13H2,1-5H3. The summed E-state index contributed by atoms with van der Waals surface area (Å²) in [6, 6.07) is 0.199. The molecule has 15 heavy (non-hydrogen) atoms. The molecule has 0 heterocycles. The first kappa shape index (κ1) is 14.4. The van der Waals surface area contributed by atoms with Crippen LogP contribution in [0.25, 0.3) is 0 Å². The Hall–Kier alpha value is -0.560. The highest BCUT2D eigenvalue weighted by Gasteiger charge is 2.32. The van der Waals surface area contributed by atoms with Crippen LogP contribution in [0.1, 0.15) is 41.0 Å². The zero-order valence-corrected chi connectivity index (χ0v) is 10.7. The molecule has 0 bridgehead atoms. The van der Waals surface area contributed by atoms with Crippen molar-refractivity contribution >= 4 is 0 Å². The van der Waals surface area contributed by atoms with E-state index in [-0.39, 0.29) is 11.6 Å². The lowest BCUT2D eigenvalue weighted by Crippen LogP contribution is -2.59. The van der Waals surface area contributed by atoms with Crippen LogP contribution in [0, 0.1) is 11.8 Å². The molecule has 3 nitrogen and oxygen atoms in total. The SMILES string of the molecule is CC#CCC(NN)C(C)(C)N(CC)CC. The topological polar surface area (TPSA) is 41.3 Å². The minimum atomic E-state index is 0.0299. The largest absolute Gasteiger partial charge is 0.297 e. The van der Waals surface area contributed by atoms with E-state index in [1.54, 1.807) is 0 Å². The van der Waals surface area contributed by atoms with E-state index in [2.05, 4.69) is 49.9 Å². The molecule has 0 spiro atoms. The minimum absolute atomic E-state index is 0.0299. The van der Waals surface area contributed by atoms with E-state index in [1.807, 2.05) is 6.92 Å². The third kappa shape index (κ3) is 3.83. The molecule has 1 atom stereocenters. The third-order valence-corrected chi connectivity index (χ3v) is 3.12. The summed E-state index contributed by atoms with van der Waals surface area (Å²) < 4.78 is 0. The molecule has 3 N–H and O–H groups in total. The fourth-order valence-corrected chi connectivity index (χ4v) is 1.98. The summed E-state index contributed by atoms with van der Waals surface area (Å²) in [6.45, 7) is 12.7. The van der Waals surface area contributed by atoms with Gasteiger partial charge in [-0.05, 0) is 33.9 Å². The second-order valence-corrected chi connectivity index (χ2v) is 4.18. The second kappa shape index (κ2) is 6.84. The summed E-state index contributed by atoms with van der Waals surface area (Å²) in [5, 5.41) is 0. The summed E-state index contributed by atoms with van der Waals surface area (Å²) in [6.07, 6.45) is 0.788. The van der Waals surface area contributed by atoms with Gasteiger partial charge in [-0.1, -0.05) is 13.8 Å². The molecule has 0 amide bonds. The van der Waals surface area contributed by atoms with Gasteiger partial charge in [0.15, 0.2) is 0 Å². The maximum absolute atomic E-state index is 5.60. The molecule has 0 aromatic carbocycles. The molecule has 0 aliphatic carbocycles. The van der Waals surface area contributed by atoms with Crippen LogP contribution < -0.4 is 11.3 Å². The highest BCUT2D eigenvalue weighted by molar-refractivity contribution is 5.03. The van der Waals surface area contributed by atoms with Gasteiger partial charge in [0.2, 0.25) is 0 Å². The quantitative estimate of drug-likeness (QED) is 0.396. The van der Waals surface area contributed by atoms with Crippen molar-refractivity contribution in [2.45, 2.75) is 52.6 Å². The van der Waals surface area contributed by atoms with Crippen LogP contribution in [0.2, 0.25) is 0 Å². The molecule has 88 valence electrons. The van der Waals surface area contributed by atoms with Gasteiger partial charge in [0.05, 0.1) is 0 Å². The van der Waals surface area contributed by atoms with Gasteiger partial charge >= 0.3 is 0 Å². The van der Waals surface area contributed by atoms with Gasteiger partial charge in [-0.3, -0.25) is 16.2 Å². The Morgan fingerprint density at radius 1 is 1.33 bits per heavy atom. The Morgan fingerprint density at radius 2 is 1.87 bits per heavy atom. The number of hydrazine groups is 1. The maximum atomic E-state index is 5.60. The monoisotopic (exact) mass is 211 g/mol. The lowest BCUT2D eigenvalue weighted by atomic mass is 9.90. The normalized spacial score (nSPS) is 13.5. The van der Waals surface area contributed by atoms with Crippen molar-refractivity contribution in [3.8, 4) is 11.8 Å². The number of nitrogens with one attached hydrogen (secondary N) is 1. The molecule has 0 saturated carbocycles. The number of rotatable bonds is 6. The van der Waals surface area contributed by atoms with Crippen molar-refractivity contribution in [3.05, 3.63) is 0 Å². The van der Waals surface area contributed by atoms with Crippen LogP contribution in [0.4, 0.5) is 0 Å². The van der Waals surface area contributed by atoms with Gasteiger partial charge in [0.25, 0.3) is 0 Å². The minimum Gasteiger partial charge on any atom is -0.297 e. The zero-order chi connectivity index (χ0) is 11.9. The molecular formula is C12H25N3. The summed E-state index contributed by atoms with van der Waals surface area (Å²) in [7, 11) is 0. The van der Waals surface area contributed by atoms with E-state index in [1.165, 1.54) is 0 Å². The first-order valence-electron chi connectivity index (χ1n) is 5.65. The van der Waals surface area contributed by atoms with Crippen LogP contribution in [0.5, 0.6) is 0 Å². The lowest BCUT2D eigenvalue weighted by Gasteiger charge is -2.42. The first-order chi connectivity index (χ1) is 7.04. The van der Waals surface area contributed by atoms with Crippen LogP contribution >= 0.6 is 0 Å². The van der Waals surface area contributed by atoms with Crippen molar-refractivity contribution in [3.63, 3.8) is 0 Å². The fourth-order valence-electron chi connectivity index (χ4n) is 1.98. The Kier molecular flexibility index (Phi) is 6.58. The van der Waals surface area contributed by atoms with Crippen molar-refractivity contribution in [2.24, 2.45) is 5.84 Å². The fraction of sp³-hybridized carbons (Fsp3) is 0.833. The van der Waals surface area contributed by atoms with Gasteiger partial charge in [-0.2, -0.15) is 0 Å². The smallest absolute Gasteiger partial charge is 0.0498 e. The average molecular weight is 211 g/mol. The van der Waals surface area contributed by atoms with Crippen LogP contribution in [-0.4, -0.2) is 29.6 Å². The number of hydrogen-bond acceptors (Lipinski definition) is 3. The Morgan fingerprint density at radius 3 is 2.20 bits per heavy atom. The number of likely N-dealkylation sites (N-methyl/N-ethyl adjacent to an activating group) is 1. The zero-order valence-electron chi connectivity index (χ0n) is 10.7. The van der Waals surface area contributed by atoms with Crippen molar-refractivity contribution in [2.75, 3.05) is 13.1 Å². The first-order valence-corrected chi connectivity index (χ1v) is 5.65. The van der Waals surface area contributed by atoms with Crippen molar-refractivity contribution < 1.29 is 0 Å². The number of nitrogens with zero attached hydrogens (tertiary/aromatic N) is 1. The number of nitrogens with two attached hydrogens (primary N) is 1. The summed E-state index contributed by atoms with van der Waals surface area (Å²) in [4.78, 5) is 2.40. The molecule has 1 unspecified atom stereocenters. The second-order valence-electron chi connectivity index (χ2n) is 4.18. The molecule has 0 fully saturated rings. The number of hydrogen-bond donors (Lipinski definition) is 2. The average Bonchev–Trinajstić information content (AvgIpc) is 2.20. The molecular weight excluding hydrogens is 186 g/mol. The highest BCUT2D eigenvalue weighted by atomic mass is 15.3. The summed E-state index contributed by atoms with van der Waals surface area (Å²) in [5.41, 5.74) is 2.91.